The third-order valence-corrected chi connectivity index (χ3v) is 3.66. The van der Waals surface area contributed by atoms with Crippen molar-refractivity contribution in [2.24, 2.45) is 0 Å². The van der Waals surface area contributed by atoms with E-state index in [-0.39, 0.29) is 12.2 Å². The Morgan fingerprint density at radius 2 is 2.12 bits per heavy atom. The van der Waals surface area contributed by atoms with E-state index in [0.29, 0.717) is 17.3 Å². The first-order chi connectivity index (χ1) is 12.0. The molecule has 2 N–H and O–H groups in total. The van der Waals surface area contributed by atoms with Gasteiger partial charge in [0.15, 0.2) is 5.82 Å². The maximum atomic E-state index is 14.0. The monoisotopic (exact) mass is 345 g/mol. The fourth-order valence-electron chi connectivity index (χ4n) is 2.31. The van der Waals surface area contributed by atoms with Crippen LogP contribution >= 0.6 is 0 Å². The largest absolute Gasteiger partial charge is 0.361 e. The number of carbonyl (C=O) groups excluding carboxylic acids is 1. The number of anilines is 1. The fraction of sp³-hybridized carbons (Fsp3) is 0.267. The number of nitrogens with zero attached hydrogens (tertiary/aromatic N) is 5. The highest BCUT2D eigenvalue weighted by Crippen LogP contribution is 2.19. The Morgan fingerprint density at radius 3 is 2.76 bits per heavy atom. The van der Waals surface area contributed by atoms with Crippen LogP contribution in [-0.4, -0.2) is 31.4 Å². The van der Waals surface area contributed by atoms with Gasteiger partial charge in [-0.25, -0.2) is 9.18 Å². The zero-order chi connectivity index (χ0) is 18.0. The molecule has 2 aromatic heterocycles. The van der Waals surface area contributed by atoms with Gasteiger partial charge in [0.05, 0.1) is 5.69 Å². The molecule has 0 atom stereocenters. The van der Waals surface area contributed by atoms with Crippen molar-refractivity contribution in [2.75, 3.05) is 5.32 Å². The molecule has 3 aromatic rings. The Kier molecular flexibility index (Phi) is 4.42. The first-order valence-corrected chi connectivity index (χ1v) is 7.47. The molecule has 2 amide bonds. The topological polar surface area (TPSA) is 111 Å². The molecule has 0 aliphatic heterocycles. The van der Waals surface area contributed by atoms with Gasteiger partial charge in [-0.05, 0) is 49.4 Å². The summed E-state index contributed by atoms with van der Waals surface area (Å²) in [7, 11) is 0. The van der Waals surface area contributed by atoms with Crippen molar-refractivity contribution in [2.45, 2.75) is 27.3 Å². The van der Waals surface area contributed by atoms with E-state index >= 15 is 0 Å². The SMILES string of the molecule is Cc1noc(C)c1CNC(=O)Nc1ccc(F)c(-n2nnnc2C)c1. The molecule has 0 bridgehead atoms. The molecule has 2 heterocycles. The van der Waals surface area contributed by atoms with E-state index in [0.717, 1.165) is 11.3 Å². The smallest absolute Gasteiger partial charge is 0.319 e. The average molecular weight is 345 g/mol. The van der Waals surface area contributed by atoms with Crippen molar-refractivity contribution in [1.29, 1.82) is 0 Å². The second-order valence-corrected chi connectivity index (χ2v) is 5.41. The van der Waals surface area contributed by atoms with Crippen LogP contribution in [0.3, 0.4) is 0 Å². The predicted molar refractivity (Wildman–Crippen MR) is 85.7 cm³/mol. The zero-order valence-electron chi connectivity index (χ0n) is 13.9. The molecular formula is C15H16FN7O2. The molecule has 3 rings (SSSR count). The summed E-state index contributed by atoms with van der Waals surface area (Å²) in [4.78, 5) is 12.1. The highest BCUT2D eigenvalue weighted by Gasteiger charge is 2.13. The lowest BCUT2D eigenvalue weighted by molar-refractivity contribution is 0.251. The Labute approximate surface area is 142 Å². The van der Waals surface area contributed by atoms with Crippen LogP contribution in [0.1, 0.15) is 22.8 Å². The molecule has 0 fully saturated rings. The number of carbonyl (C=O) groups is 1. The third kappa shape index (κ3) is 3.47. The number of urea groups is 1. The van der Waals surface area contributed by atoms with Gasteiger partial charge in [0, 0.05) is 17.8 Å². The van der Waals surface area contributed by atoms with Crippen molar-refractivity contribution in [3.63, 3.8) is 0 Å². The minimum absolute atomic E-state index is 0.144. The lowest BCUT2D eigenvalue weighted by atomic mass is 10.2. The van der Waals surface area contributed by atoms with Crippen molar-refractivity contribution in [3.8, 4) is 5.69 Å². The minimum Gasteiger partial charge on any atom is -0.361 e. The second-order valence-electron chi connectivity index (χ2n) is 5.41. The van der Waals surface area contributed by atoms with Crippen LogP contribution in [-0.2, 0) is 6.54 Å². The van der Waals surface area contributed by atoms with E-state index in [1.165, 1.54) is 22.9 Å². The number of tetrazole rings is 1. The van der Waals surface area contributed by atoms with Crippen LogP contribution in [0.15, 0.2) is 22.7 Å². The van der Waals surface area contributed by atoms with Gasteiger partial charge in [-0.3, -0.25) is 0 Å². The number of aryl methyl sites for hydroxylation is 3. The van der Waals surface area contributed by atoms with Gasteiger partial charge in [-0.2, -0.15) is 4.68 Å². The molecule has 10 heteroatoms. The molecule has 1 aromatic carbocycles. The maximum absolute atomic E-state index is 14.0. The highest BCUT2D eigenvalue weighted by molar-refractivity contribution is 5.89. The van der Waals surface area contributed by atoms with Crippen LogP contribution < -0.4 is 10.6 Å². The minimum atomic E-state index is -0.503. The Balaban J connectivity index is 1.71. The summed E-state index contributed by atoms with van der Waals surface area (Å²) in [5.41, 5.74) is 2.09. The molecule has 0 unspecified atom stereocenters. The average Bonchev–Trinajstić information content (AvgIpc) is 3.13. The lowest BCUT2D eigenvalue weighted by Gasteiger charge is -2.10. The van der Waals surface area contributed by atoms with Crippen LogP contribution in [0, 0.1) is 26.6 Å². The quantitative estimate of drug-likeness (QED) is 0.748. The van der Waals surface area contributed by atoms with E-state index < -0.39 is 11.8 Å². The first kappa shape index (κ1) is 16.6. The number of aromatic nitrogens is 5. The fourth-order valence-corrected chi connectivity index (χ4v) is 2.31. The second kappa shape index (κ2) is 6.67. The number of halogens is 1. The molecule has 0 aliphatic rings. The van der Waals surface area contributed by atoms with Gasteiger partial charge in [0.25, 0.3) is 0 Å². The summed E-state index contributed by atoms with van der Waals surface area (Å²) < 4.78 is 20.3. The summed E-state index contributed by atoms with van der Waals surface area (Å²) in [5, 5.41) is 20.1. The number of benzene rings is 1. The summed E-state index contributed by atoms with van der Waals surface area (Å²) in [6.45, 7) is 5.49. The summed E-state index contributed by atoms with van der Waals surface area (Å²) in [5.74, 6) is 0.576. The molecule has 0 aliphatic carbocycles. The first-order valence-electron chi connectivity index (χ1n) is 7.47. The predicted octanol–water partition coefficient (Wildman–Crippen LogP) is 2.04. The molecular weight excluding hydrogens is 329 g/mol. The van der Waals surface area contributed by atoms with Crippen molar-refractivity contribution in [1.82, 2.24) is 30.7 Å². The van der Waals surface area contributed by atoms with E-state index in [1.807, 2.05) is 0 Å². The molecule has 9 nitrogen and oxygen atoms in total. The highest BCUT2D eigenvalue weighted by atomic mass is 19.1. The molecule has 0 radical (unpaired) electrons. The van der Waals surface area contributed by atoms with E-state index in [9.17, 15) is 9.18 Å². The summed E-state index contributed by atoms with van der Waals surface area (Å²) in [6.07, 6.45) is 0. The Morgan fingerprint density at radius 1 is 1.32 bits per heavy atom. The van der Waals surface area contributed by atoms with Crippen LogP contribution in [0.25, 0.3) is 5.69 Å². The van der Waals surface area contributed by atoms with E-state index in [4.69, 9.17) is 4.52 Å². The lowest BCUT2D eigenvalue weighted by Crippen LogP contribution is -2.28. The van der Waals surface area contributed by atoms with Crippen molar-refractivity contribution >= 4 is 11.7 Å². The third-order valence-electron chi connectivity index (χ3n) is 3.66. The van der Waals surface area contributed by atoms with Crippen LogP contribution in [0.5, 0.6) is 0 Å². The standard InChI is InChI=1S/C15H16FN7O2/c1-8-12(9(2)25-20-8)7-17-15(24)18-11-4-5-13(16)14(6-11)23-10(3)19-21-22-23/h4-6H,7H2,1-3H3,(H2,17,18,24). The van der Waals surface area contributed by atoms with Gasteiger partial charge in [0.1, 0.15) is 17.3 Å². The van der Waals surface area contributed by atoms with Crippen molar-refractivity contribution < 1.29 is 13.7 Å². The number of nitrogens with one attached hydrogen (secondary N) is 2. The van der Waals surface area contributed by atoms with E-state index in [1.54, 1.807) is 20.8 Å². The number of hydrogen-bond donors (Lipinski definition) is 2. The van der Waals surface area contributed by atoms with E-state index in [2.05, 4.69) is 31.3 Å². The molecule has 25 heavy (non-hydrogen) atoms. The van der Waals surface area contributed by atoms with Gasteiger partial charge < -0.3 is 15.2 Å². The number of rotatable bonds is 4. The molecule has 0 saturated carbocycles. The van der Waals surface area contributed by atoms with Crippen LogP contribution in [0.2, 0.25) is 0 Å². The maximum Gasteiger partial charge on any atom is 0.319 e. The van der Waals surface area contributed by atoms with Crippen molar-refractivity contribution in [3.05, 3.63) is 46.9 Å². The molecule has 0 spiro atoms. The summed E-state index contributed by atoms with van der Waals surface area (Å²) in [6, 6.07) is 3.70. The Bertz CT molecular complexity index is 899. The van der Waals surface area contributed by atoms with Gasteiger partial charge in [-0.15, -0.1) is 5.10 Å². The van der Waals surface area contributed by atoms with Crippen LogP contribution in [0.4, 0.5) is 14.9 Å². The van der Waals surface area contributed by atoms with Gasteiger partial charge >= 0.3 is 6.03 Å². The normalized spacial score (nSPS) is 10.7. The summed E-state index contributed by atoms with van der Waals surface area (Å²) >= 11 is 0. The number of amides is 2. The number of hydrogen-bond acceptors (Lipinski definition) is 6. The zero-order valence-corrected chi connectivity index (χ0v) is 13.9. The molecule has 130 valence electrons. The molecule has 0 saturated heterocycles. The van der Waals surface area contributed by atoms with Gasteiger partial charge in [0.2, 0.25) is 0 Å². The Hall–Kier alpha value is -3.30. The van der Waals surface area contributed by atoms with Gasteiger partial charge in [-0.1, -0.05) is 5.16 Å².